The number of amidine groups is 1. The molecule has 398 valence electrons. The maximum absolute atomic E-state index is 14.0. The number of allylic oxidation sites excluding steroid dienone is 1. The second kappa shape index (κ2) is 23.7. The normalized spacial score (nSPS) is 19.4. The molecule has 0 bridgehead atoms. The number of likely N-dealkylation sites (N-methyl/N-ethyl adjacent to an activating group) is 1. The Bertz CT molecular complexity index is 2790. The fraction of sp³-hybridized carbons (Fsp3) is 0.482. The van der Waals surface area contributed by atoms with Gasteiger partial charge in [0.1, 0.15) is 23.3 Å². The van der Waals surface area contributed by atoms with Crippen molar-refractivity contribution in [3.8, 4) is 0 Å². The van der Waals surface area contributed by atoms with Crippen molar-refractivity contribution >= 4 is 64.4 Å². The molecule has 2 aromatic carbocycles. The van der Waals surface area contributed by atoms with Crippen LogP contribution in [0, 0.1) is 5.92 Å². The zero-order valence-corrected chi connectivity index (χ0v) is 43.8. The highest BCUT2D eigenvalue weighted by Gasteiger charge is 2.45. The number of fused-ring (bicyclic) bond motifs is 1. The number of benzene rings is 2. The summed E-state index contributed by atoms with van der Waals surface area (Å²) in [6.07, 6.45) is 14.8. The van der Waals surface area contributed by atoms with E-state index < -0.39 is 29.7 Å². The molecule has 1 unspecified atom stereocenters. The van der Waals surface area contributed by atoms with E-state index in [9.17, 15) is 33.6 Å². The van der Waals surface area contributed by atoms with Crippen LogP contribution < -0.4 is 31.9 Å². The molecule has 3 aromatic rings. The van der Waals surface area contributed by atoms with Gasteiger partial charge in [0.25, 0.3) is 11.8 Å². The molecule has 8 rings (SSSR count). The summed E-state index contributed by atoms with van der Waals surface area (Å²) in [6.45, 7) is 8.18. The Morgan fingerprint density at radius 3 is 2.32 bits per heavy atom. The molecule has 5 heterocycles. The van der Waals surface area contributed by atoms with E-state index in [1.54, 1.807) is 24.4 Å². The Kier molecular flexibility index (Phi) is 17.0. The highest BCUT2D eigenvalue weighted by molar-refractivity contribution is 6.23. The van der Waals surface area contributed by atoms with E-state index in [2.05, 4.69) is 36.3 Å². The molecule has 7 amide bonds. The number of anilines is 2. The number of amides is 7. The first-order valence-corrected chi connectivity index (χ1v) is 26.4. The molecule has 19 nitrogen and oxygen atoms in total. The third-order valence-corrected chi connectivity index (χ3v) is 14.9. The number of rotatable bonds is 18. The first kappa shape index (κ1) is 53.7. The molecular formula is C56H71N11O8. The lowest BCUT2D eigenvalue weighted by Crippen LogP contribution is -2.54. The minimum absolute atomic E-state index is 0.00484. The number of aliphatic imine (C=N–C) groups is 1. The van der Waals surface area contributed by atoms with E-state index in [4.69, 9.17) is 10.3 Å². The van der Waals surface area contributed by atoms with Crippen LogP contribution in [0.25, 0.3) is 5.70 Å². The van der Waals surface area contributed by atoms with Crippen molar-refractivity contribution in [2.45, 2.75) is 128 Å². The summed E-state index contributed by atoms with van der Waals surface area (Å²) in [6, 6.07) is 13.7. The zero-order chi connectivity index (χ0) is 53.4. The standard InChI is InChI=1S/C56H71N11O8/c1-56(2,3)44-33-45(63-75-44)61-48(70)31-36-14-17-37(18-15-36)50(58-4)51-52(57)59-34-40(64(51)5)13-9-10-27-66(30-26-47(69)60-38-11-7-6-8-12-38)49(71)23-16-35-24-28-65(29-25-35)39-19-20-41-42(32-39)55(74)67(54(41)73)43-21-22-46(68)62-53(43)72/h9,13-15,17-20,32-35,38,43,58H,6-8,10-12,16,21-31H2,1-5H3,(H2,57,59)(H,60,69)(H,61,63,70)(H,62,68,72)/b13-9+,51-50-. The molecule has 1 atom stereocenters. The smallest absolute Gasteiger partial charge is 0.262 e. The van der Waals surface area contributed by atoms with Gasteiger partial charge in [0.15, 0.2) is 5.82 Å². The topological polar surface area (TPSA) is 245 Å². The number of hydrogen-bond donors (Lipinski definition) is 5. The minimum Gasteiger partial charge on any atom is -0.386 e. The molecule has 5 aliphatic rings. The number of hydrogen-bond acceptors (Lipinski definition) is 14. The van der Waals surface area contributed by atoms with Gasteiger partial charge in [-0.25, -0.2) is 4.99 Å². The van der Waals surface area contributed by atoms with Gasteiger partial charge in [-0.15, -0.1) is 0 Å². The van der Waals surface area contributed by atoms with Crippen molar-refractivity contribution in [1.29, 1.82) is 0 Å². The number of aromatic nitrogens is 1. The van der Waals surface area contributed by atoms with Crippen LogP contribution in [0.4, 0.5) is 11.5 Å². The Balaban J connectivity index is 0.854. The van der Waals surface area contributed by atoms with Crippen LogP contribution in [-0.4, -0.2) is 119 Å². The van der Waals surface area contributed by atoms with Crippen molar-refractivity contribution in [3.63, 3.8) is 0 Å². The average molecular weight is 1030 g/mol. The van der Waals surface area contributed by atoms with Gasteiger partial charge in [-0.05, 0) is 86.3 Å². The van der Waals surface area contributed by atoms with Gasteiger partial charge in [-0.2, -0.15) is 0 Å². The number of nitrogens with two attached hydrogens (primary N) is 1. The Hall–Kier alpha value is -7.57. The highest BCUT2D eigenvalue weighted by Crippen LogP contribution is 2.34. The Morgan fingerprint density at radius 2 is 1.63 bits per heavy atom. The van der Waals surface area contributed by atoms with Crippen molar-refractivity contribution in [1.82, 2.24) is 35.8 Å². The van der Waals surface area contributed by atoms with Gasteiger partial charge in [0.05, 0.1) is 35.1 Å². The number of imide groups is 2. The summed E-state index contributed by atoms with van der Waals surface area (Å²) in [5, 5.41) is 15.5. The zero-order valence-electron chi connectivity index (χ0n) is 43.8. The molecule has 3 fully saturated rings. The van der Waals surface area contributed by atoms with E-state index in [0.29, 0.717) is 74.5 Å². The lowest BCUT2D eigenvalue weighted by molar-refractivity contribution is -0.136. The molecule has 75 heavy (non-hydrogen) atoms. The van der Waals surface area contributed by atoms with E-state index >= 15 is 0 Å². The van der Waals surface area contributed by atoms with Crippen molar-refractivity contribution in [3.05, 3.63) is 106 Å². The SMILES string of the molecule is CN/C(=C1/C(N)=NC=C(/C=C/CCN(CCC(=O)NC2CCCCC2)C(=O)CCC2CCN(c3ccc4c(c3)C(=O)N(C3CCC(=O)NC3=O)C4=O)CC2)N1C)c1ccc(CC(=O)Nc2cc(C(C)(C)C)on2)cc1. The Morgan fingerprint density at radius 1 is 0.893 bits per heavy atom. The van der Waals surface area contributed by atoms with E-state index in [-0.39, 0.29) is 66.0 Å². The third kappa shape index (κ3) is 13.0. The Labute approximate surface area is 438 Å². The molecule has 19 heteroatoms. The van der Waals surface area contributed by atoms with Crippen LogP contribution >= 0.6 is 0 Å². The van der Waals surface area contributed by atoms with Crippen LogP contribution in [0.15, 0.2) is 87.8 Å². The monoisotopic (exact) mass is 1030 g/mol. The predicted octanol–water partition coefficient (Wildman–Crippen LogP) is 5.90. The van der Waals surface area contributed by atoms with Crippen molar-refractivity contribution in [2.24, 2.45) is 16.6 Å². The summed E-state index contributed by atoms with van der Waals surface area (Å²) < 4.78 is 5.40. The van der Waals surface area contributed by atoms with E-state index in [1.807, 2.05) is 87.2 Å². The van der Waals surface area contributed by atoms with Gasteiger partial charge < -0.3 is 40.9 Å². The summed E-state index contributed by atoms with van der Waals surface area (Å²) in [7, 11) is 3.73. The number of carbonyl (C=O) groups excluding carboxylic acids is 7. The molecular weight excluding hydrogens is 955 g/mol. The van der Waals surface area contributed by atoms with Gasteiger partial charge in [0.2, 0.25) is 29.5 Å². The van der Waals surface area contributed by atoms with Crippen molar-refractivity contribution in [2.75, 3.05) is 50.5 Å². The van der Waals surface area contributed by atoms with E-state index in [1.165, 1.54) is 6.42 Å². The average Bonchev–Trinajstić information content (AvgIpc) is 3.97. The quantitative estimate of drug-likeness (QED) is 0.0934. The van der Waals surface area contributed by atoms with Crippen LogP contribution in [-0.2, 0) is 35.8 Å². The molecule has 2 saturated heterocycles. The number of nitrogens with one attached hydrogen (secondary N) is 4. The maximum atomic E-state index is 14.0. The molecule has 1 aromatic heterocycles. The fourth-order valence-corrected chi connectivity index (χ4v) is 10.5. The highest BCUT2D eigenvalue weighted by atomic mass is 16.5. The summed E-state index contributed by atoms with van der Waals surface area (Å²) in [4.78, 5) is 103. The summed E-state index contributed by atoms with van der Waals surface area (Å²) in [5.41, 5.74) is 11.5. The van der Waals surface area contributed by atoms with Gasteiger partial charge in [-0.3, -0.25) is 43.8 Å². The molecule has 6 N–H and O–H groups in total. The third-order valence-electron chi connectivity index (χ3n) is 14.9. The molecule has 0 spiro atoms. The first-order chi connectivity index (χ1) is 36.0. The summed E-state index contributed by atoms with van der Waals surface area (Å²) >= 11 is 0. The molecule has 0 radical (unpaired) electrons. The van der Waals surface area contributed by atoms with Crippen LogP contribution in [0.5, 0.6) is 0 Å². The van der Waals surface area contributed by atoms with Crippen molar-refractivity contribution < 1.29 is 38.1 Å². The predicted molar refractivity (Wildman–Crippen MR) is 285 cm³/mol. The molecule has 1 saturated carbocycles. The largest absolute Gasteiger partial charge is 0.386 e. The van der Waals surface area contributed by atoms with Crippen LogP contribution in [0.3, 0.4) is 0 Å². The number of nitrogens with zero attached hydrogens (tertiary/aromatic N) is 6. The number of piperidine rings is 2. The number of carbonyl (C=O) groups is 7. The lowest BCUT2D eigenvalue weighted by Gasteiger charge is -2.34. The van der Waals surface area contributed by atoms with Gasteiger partial charge in [-0.1, -0.05) is 75.5 Å². The molecule has 4 aliphatic heterocycles. The molecule has 1 aliphatic carbocycles. The summed E-state index contributed by atoms with van der Waals surface area (Å²) in [5.74, 6) is -0.686. The van der Waals surface area contributed by atoms with Crippen LogP contribution in [0.1, 0.15) is 142 Å². The fourth-order valence-electron chi connectivity index (χ4n) is 10.5. The van der Waals surface area contributed by atoms with Gasteiger partial charge >= 0.3 is 0 Å². The lowest BCUT2D eigenvalue weighted by atomic mass is 9.91. The minimum atomic E-state index is -1.02. The van der Waals surface area contributed by atoms with E-state index in [0.717, 1.165) is 71.6 Å². The maximum Gasteiger partial charge on any atom is 0.262 e. The first-order valence-electron chi connectivity index (χ1n) is 26.4. The van der Waals surface area contributed by atoms with Crippen LogP contribution in [0.2, 0.25) is 0 Å². The second-order valence-corrected chi connectivity index (χ2v) is 21.2. The second-order valence-electron chi connectivity index (χ2n) is 21.2. The van der Waals surface area contributed by atoms with Gasteiger partial charge in [0, 0.05) is 82.7 Å².